The van der Waals surface area contributed by atoms with Crippen molar-refractivity contribution in [1.29, 1.82) is 0 Å². The highest BCUT2D eigenvalue weighted by molar-refractivity contribution is 5.67. The van der Waals surface area contributed by atoms with Crippen LogP contribution in [0.4, 0.5) is 0 Å². The zero-order valence-electron chi connectivity index (χ0n) is 12.4. The number of methoxy groups -OCH3 is 1. The summed E-state index contributed by atoms with van der Waals surface area (Å²) in [6.07, 6.45) is 4.44. The summed E-state index contributed by atoms with van der Waals surface area (Å²) >= 11 is 0. The average molecular weight is 279 g/mol. The largest absolute Gasteiger partial charge is 0.497 e. The molecule has 0 spiro atoms. The van der Waals surface area contributed by atoms with E-state index in [0.717, 1.165) is 25.1 Å². The van der Waals surface area contributed by atoms with E-state index >= 15 is 0 Å². The number of nitrogens with one attached hydrogen (secondary N) is 1. The first-order chi connectivity index (χ1) is 10.3. The van der Waals surface area contributed by atoms with Crippen LogP contribution in [0, 0.1) is 0 Å². The zero-order chi connectivity index (χ0) is 14.5. The molecule has 0 radical (unpaired) electrons. The summed E-state index contributed by atoms with van der Waals surface area (Å²) < 4.78 is 5.22. The lowest BCUT2D eigenvalue weighted by Gasteiger charge is -2.25. The number of hydrogen-bond acceptors (Lipinski definition) is 2. The van der Waals surface area contributed by atoms with E-state index in [0.29, 0.717) is 6.04 Å². The van der Waals surface area contributed by atoms with Crippen LogP contribution in [0.15, 0.2) is 60.7 Å². The highest BCUT2D eigenvalue weighted by Gasteiger charge is 2.16. The predicted octanol–water partition coefficient (Wildman–Crippen LogP) is 3.68. The minimum Gasteiger partial charge on any atom is -0.497 e. The standard InChI is InChI=1S/C19H21NO/c1-21-19-9-7-16(8-10-19)17-11-12-20-18(14-17)13-15-5-3-2-4-6-15/h2-11,18,20H,12-14H2,1H3. The van der Waals surface area contributed by atoms with Crippen molar-refractivity contribution in [2.75, 3.05) is 13.7 Å². The molecule has 1 aliphatic heterocycles. The number of hydrogen-bond donors (Lipinski definition) is 1. The summed E-state index contributed by atoms with van der Waals surface area (Å²) in [5.41, 5.74) is 4.12. The third-order valence-electron chi connectivity index (χ3n) is 4.01. The number of rotatable bonds is 4. The molecule has 1 heterocycles. The monoisotopic (exact) mass is 279 g/mol. The van der Waals surface area contributed by atoms with Gasteiger partial charge in [0.1, 0.15) is 5.75 Å². The highest BCUT2D eigenvalue weighted by Crippen LogP contribution is 2.25. The Kier molecular flexibility index (Phi) is 4.37. The lowest BCUT2D eigenvalue weighted by atomic mass is 9.92. The molecule has 1 aliphatic rings. The van der Waals surface area contributed by atoms with Crippen molar-refractivity contribution in [3.8, 4) is 5.75 Å². The van der Waals surface area contributed by atoms with E-state index < -0.39 is 0 Å². The molecule has 2 aromatic carbocycles. The predicted molar refractivity (Wildman–Crippen MR) is 87.5 cm³/mol. The Bertz CT molecular complexity index is 601. The second kappa shape index (κ2) is 6.59. The fraction of sp³-hybridized carbons (Fsp3) is 0.263. The van der Waals surface area contributed by atoms with Gasteiger partial charge in [0, 0.05) is 12.6 Å². The molecule has 2 nitrogen and oxygen atoms in total. The SMILES string of the molecule is COc1ccc(C2=CCNC(Cc3ccccc3)C2)cc1. The van der Waals surface area contributed by atoms with Crippen LogP contribution in [0.2, 0.25) is 0 Å². The van der Waals surface area contributed by atoms with Gasteiger partial charge in [-0.15, -0.1) is 0 Å². The first-order valence-electron chi connectivity index (χ1n) is 7.46. The van der Waals surface area contributed by atoms with Crippen molar-refractivity contribution in [2.24, 2.45) is 0 Å². The summed E-state index contributed by atoms with van der Waals surface area (Å²) in [4.78, 5) is 0. The highest BCUT2D eigenvalue weighted by atomic mass is 16.5. The summed E-state index contributed by atoms with van der Waals surface area (Å²) in [5.74, 6) is 0.911. The second-order valence-corrected chi connectivity index (χ2v) is 5.46. The van der Waals surface area contributed by atoms with Crippen molar-refractivity contribution in [3.63, 3.8) is 0 Å². The molecule has 21 heavy (non-hydrogen) atoms. The van der Waals surface area contributed by atoms with Crippen LogP contribution in [0.25, 0.3) is 5.57 Å². The molecule has 3 rings (SSSR count). The molecular formula is C19H21NO. The maximum absolute atomic E-state index is 5.22. The van der Waals surface area contributed by atoms with Gasteiger partial charge in [-0.25, -0.2) is 0 Å². The van der Waals surface area contributed by atoms with Crippen LogP contribution in [-0.2, 0) is 6.42 Å². The molecule has 0 aromatic heterocycles. The van der Waals surface area contributed by atoms with Crippen LogP contribution in [0.5, 0.6) is 5.75 Å². The Morgan fingerprint density at radius 3 is 2.52 bits per heavy atom. The fourth-order valence-electron chi connectivity index (χ4n) is 2.85. The maximum atomic E-state index is 5.22. The number of benzene rings is 2. The lowest BCUT2D eigenvalue weighted by molar-refractivity contribution is 0.414. The van der Waals surface area contributed by atoms with Gasteiger partial charge in [0.15, 0.2) is 0 Å². The van der Waals surface area contributed by atoms with E-state index in [-0.39, 0.29) is 0 Å². The van der Waals surface area contributed by atoms with E-state index in [1.54, 1.807) is 7.11 Å². The maximum Gasteiger partial charge on any atom is 0.118 e. The zero-order valence-corrected chi connectivity index (χ0v) is 12.4. The Hall–Kier alpha value is -2.06. The minimum absolute atomic E-state index is 0.509. The topological polar surface area (TPSA) is 21.3 Å². The van der Waals surface area contributed by atoms with Gasteiger partial charge in [0.05, 0.1) is 7.11 Å². The fourth-order valence-corrected chi connectivity index (χ4v) is 2.85. The van der Waals surface area contributed by atoms with Gasteiger partial charge in [-0.1, -0.05) is 48.5 Å². The van der Waals surface area contributed by atoms with Crippen molar-refractivity contribution in [1.82, 2.24) is 5.32 Å². The summed E-state index contributed by atoms with van der Waals surface area (Å²) in [6.45, 7) is 0.943. The van der Waals surface area contributed by atoms with E-state index in [9.17, 15) is 0 Å². The van der Waals surface area contributed by atoms with Gasteiger partial charge in [-0.2, -0.15) is 0 Å². The average Bonchev–Trinajstić information content (AvgIpc) is 2.56. The Labute approximate surface area is 126 Å². The molecule has 0 amide bonds. The Morgan fingerprint density at radius 1 is 1.05 bits per heavy atom. The normalized spacial score (nSPS) is 18.1. The van der Waals surface area contributed by atoms with Crippen molar-refractivity contribution < 1.29 is 4.74 Å². The van der Waals surface area contributed by atoms with Gasteiger partial charge >= 0.3 is 0 Å². The summed E-state index contributed by atoms with van der Waals surface area (Å²) in [6, 6.07) is 19.6. The molecule has 2 aromatic rings. The molecule has 108 valence electrons. The van der Waals surface area contributed by atoms with Gasteiger partial charge < -0.3 is 10.1 Å². The second-order valence-electron chi connectivity index (χ2n) is 5.46. The number of ether oxygens (including phenoxy) is 1. The lowest BCUT2D eigenvalue weighted by Crippen LogP contribution is -2.34. The molecule has 0 fully saturated rings. The minimum atomic E-state index is 0.509. The molecule has 1 atom stereocenters. The molecular weight excluding hydrogens is 258 g/mol. The van der Waals surface area contributed by atoms with Crippen LogP contribution < -0.4 is 10.1 Å². The van der Waals surface area contributed by atoms with Crippen LogP contribution in [-0.4, -0.2) is 19.7 Å². The van der Waals surface area contributed by atoms with Crippen LogP contribution >= 0.6 is 0 Å². The van der Waals surface area contributed by atoms with Crippen LogP contribution in [0.3, 0.4) is 0 Å². The van der Waals surface area contributed by atoms with Gasteiger partial charge in [-0.3, -0.25) is 0 Å². The molecule has 1 unspecified atom stereocenters. The van der Waals surface area contributed by atoms with Gasteiger partial charge in [0.2, 0.25) is 0 Å². The van der Waals surface area contributed by atoms with Crippen molar-refractivity contribution >= 4 is 5.57 Å². The summed E-state index contributed by atoms with van der Waals surface area (Å²) in [5, 5.41) is 3.59. The quantitative estimate of drug-likeness (QED) is 0.921. The Balaban J connectivity index is 1.68. The molecule has 0 saturated heterocycles. The first-order valence-corrected chi connectivity index (χ1v) is 7.46. The van der Waals surface area contributed by atoms with Crippen LogP contribution in [0.1, 0.15) is 17.5 Å². The molecule has 2 heteroatoms. The van der Waals surface area contributed by atoms with Crippen molar-refractivity contribution in [3.05, 3.63) is 71.8 Å². The third kappa shape index (κ3) is 3.53. The van der Waals surface area contributed by atoms with E-state index in [1.165, 1.54) is 16.7 Å². The van der Waals surface area contributed by atoms with Gasteiger partial charge in [0.25, 0.3) is 0 Å². The van der Waals surface area contributed by atoms with Gasteiger partial charge in [-0.05, 0) is 41.7 Å². The smallest absolute Gasteiger partial charge is 0.118 e. The molecule has 0 bridgehead atoms. The molecule has 1 N–H and O–H groups in total. The van der Waals surface area contributed by atoms with Crippen molar-refractivity contribution in [2.45, 2.75) is 18.9 Å². The van der Waals surface area contributed by atoms with E-state index in [4.69, 9.17) is 4.74 Å². The first kappa shape index (κ1) is 13.9. The molecule has 0 aliphatic carbocycles. The molecule has 0 saturated carbocycles. The van der Waals surface area contributed by atoms with E-state index in [2.05, 4.69) is 53.9 Å². The van der Waals surface area contributed by atoms with E-state index in [1.807, 2.05) is 12.1 Å². The summed E-state index contributed by atoms with van der Waals surface area (Å²) in [7, 11) is 1.70. The Morgan fingerprint density at radius 2 is 1.81 bits per heavy atom. The third-order valence-corrected chi connectivity index (χ3v) is 4.01.